The molecule has 1 aliphatic heterocycles. The lowest BCUT2D eigenvalue weighted by atomic mass is 10.0. The lowest BCUT2D eigenvalue weighted by Crippen LogP contribution is -2.53. The van der Waals surface area contributed by atoms with Crippen LogP contribution in [0.4, 0.5) is 0 Å². The van der Waals surface area contributed by atoms with Gasteiger partial charge in [-0.25, -0.2) is 4.79 Å². The van der Waals surface area contributed by atoms with Gasteiger partial charge in [0.25, 0.3) is 0 Å². The molecule has 2 aliphatic rings. The average Bonchev–Trinajstić information content (AvgIpc) is 2.62. The maximum atomic E-state index is 11.1. The average molecular weight is 196 g/mol. The summed E-state index contributed by atoms with van der Waals surface area (Å²) < 4.78 is 10.7. The van der Waals surface area contributed by atoms with E-state index in [2.05, 4.69) is 6.58 Å². The van der Waals surface area contributed by atoms with E-state index in [-0.39, 0.29) is 24.3 Å². The molecular formula is C11H16O3. The van der Waals surface area contributed by atoms with E-state index in [4.69, 9.17) is 9.47 Å². The van der Waals surface area contributed by atoms with E-state index >= 15 is 0 Å². The van der Waals surface area contributed by atoms with Crippen molar-refractivity contribution in [1.29, 1.82) is 0 Å². The van der Waals surface area contributed by atoms with E-state index in [1.165, 1.54) is 12.8 Å². The molecule has 1 saturated heterocycles. The molecule has 78 valence electrons. The molecule has 0 aromatic rings. The van der Waals surface area contributed by atoms with Gasteiger partial charge in [0.05, 0.1) is 6.10 Å². The van der Waals surface area contributed by atoms with Crippen molar-refractivity contribution in [2.45, 2.75) is 50.9 Å². The third kappa shape index (κ3) is 1.69. The first kappa shape index (κ1) is 9.71. The van der Waals surface area contributed by atoms with Crippen molar-refractivity contribution in [3.05, 3.63) is 12.2 Å². The summed E-state index contributed by atoms with van der Waals surface area (Å²) in [6.07, 6.45) is 4.25. The number of ether oxygens (including phenoxy) is 2. The van der Waals surface area contributed by atoms with Gasteiger partial charge in [-0.15, -0.1) is 0 Å². The second kappa shape index (κ2) is 3.73. The molecule has 0 radical (unpaired) electrons. The van der Waals surface area contributed by atoms with Crippen molar-refractivity contribution < 1.29 is 14.3 Å². The third-order valence-corrected chi connectivity index (χ3v) is 2.88. The zero-order chi connectivity index (χ0) is 10.1. The first-order valence-corrected chi connectivity index (χ1v) is 5.20. The monoisotopic (exact) mass is 196 g/mol. The van der Waals surface area contributed by atoms with Crippen molar-refractivity contribution in [2.24, 2.45) is 0 Å². The van der Waals surface area contributed by atoms with Crippen LogP contribution in [0.3, 0.4) is 0 Å². The van der Waals surface area contributed by atoms with Crippen LogP contribution in [-0.2, 0) is 14.3 Å². The van der Waals surface area contributed by atoms with Gasteiger partial charge in [0, 0.05) is 0 Å². The molecule has 0 N–H and O–H groups in total. The number of esters is 1. The van der Waals surface area contributed by atoms with E-state index in [0.717, 1.165) is 18.4 Å². The van der Waals surface area contributed by atoms with Crippen LogP contribution in [0.25, 0.3) is 0 Å². The number of hydrogen-bond donors (Lipinski definition) is 0. The van der Waals surface area contributed by atoms with E-state index < -0.39 is 0 Å². The molecule has 2 rings (SSSR count). The highest BCUT2D eigenvalue weighted by Gasteiger charge is 2.45. The molecule has 3 heteroatoms. The summed E-state index contributed by atoms with van der Waals surface area (Å²) in [6.45, 7) is 5.64. The number of cyclic esters (lactones) is 1. The largest absolute Gasteiger partial charge is 0.452 e. The minimum absolute atomic E-state index is 0.205. The van der Waals surface area contributed by atoms with E-state index in [1.54, 1.807) is 0 Å². The van der Waals surface area contributed by atoms with Gasteiger partial charge in [-0.3, -0.25) is 0 Å². The number of hydrogen-bond acceptors (Lipinski definition) is 3. The number of rotatable bonds is 3. The van der Waals surface area contributed by atoms with Crippen LogP contribution in [0.2, 0.25) is 0 Å². The van der Waals surface area contributed by atoms with Crippen molar-refractivity contribution in [3.63, 3.8) is 0 Å². The van der Waals surface area contributed by atoms with Gasteiger partial charge in [-0.05, 0) is 25.3 Å². The lowest BCUT2D eigenvalue weighted by Gasteiger charge is -2.36. The highest BCUT2D eigenvalue weighted by Crippen LogP contribution is 2.29. The quantitative estimate of drug-likeness (QED) is 0.510. The van der Waals surface area contributed by atoms with E-state index in [0.29, 0.717) is 0 Å². The summed E-state index contributed by atoms with van der Waals surface area (Å²) in [5.41, 5.74) is 0.868. The Bertz CT molecular complexity index is 253. The van der Waals surface area contributed by atoms with Gasteiger partial charge in [0.2, 0.25) is 0 Å². The third-order valence-electron chi connectivity index (χ3n) is 2.88. The summed E-state index contributed by atoms with van der Waals surface area (Å²) in [6, 6.07) is 0. The standard InChI is InChI=1S/C11H16O3/c1-7(2)9-10(11(12)14-9)13-8-5-3-4-6-8/h8-10H,1,3-6H2,2H3/t9-,10-/m0/s1. The maximum Gasteiger partial charge on any atom is 0.340 e. The minimum atomic E-state index is -0.379. The summed E-state index contributed by atoms with van der Waals surface area (Å²) in [4.78, 5) is 11.1. The first-order valence-electron chi connectivity index (χ1n) is 5.20. The highest BCUT2D eigenvalue weighted by atomic mass is 16.6. The molecule has 3 nitrogen and oxygen atoms in total. The maximum absolute atomic E-state index is 11.1. The van der Waals surface area contributed by atoms with Crippen LogP contribution in [-0.4, -0.2) is 24.3 Å². The molecule has 1 aliphatic carbocycles. The van der Waals surface area contributed by atoms with Gasteiger partial charge < -0.3 is 9.47 Å². The Morgan fingerprint density at radius 1 is 1.50 bits per heavy atom. The topological polar surface area (TPSA) is 35.5 Å². The molecule has 0 aromatic heterocycles. The Morgan fingerprint density at radius 2 is 2.14 bits per heavy atom. The molecule has 0 aromatic carbocycles. The van der Waals surface area contributed by atoms with Crippen LogP contribution in [0.15, 0.2) is 12.2 Å². The van der Waals surface area contributed by atoms with Gasteiger partial charge in [-0.2, -0.15) is 0 Å². The lowest BCUT2D eigenvalue weighted by molar-refractivity contribution is -0.206. The van der Waals surface area contributed by atoms with E-state index in [9.17, 15) is 4.79 Å². The fourth-order valence-electron chi connectivity index (χ4n) is 2.02. The highest BCUT2D eigenvalue weighted by molar-refractivity contribution is 5.82. The Balaban J connectivity index is 1.89. The SMILES string of the molecule is C=C(C)[C@@H]1OC(=O)[C@H]1OC1CCCC1. The van der Waals surface area contributed by atoms with Crippen molar-refractivity contribution in [3.8, 4) is 0 Å². The second-order valence-electron chi connectivity index (χ2n) is 4.17. The van der Waals surface area contributed by atoms with Crippen LogP contribution in [0.1, 0.15) is 32.6 Å². The van der Waals surface area contributed by atoms with Crippen molar-refractivity contribution in [1.82, 2.24) is 0 Å². The van der Waals surface area contributed by atoms with Crippen LogP contribution in [0.5, 0.6) is 0 Å². The molecule has 0 bridgehead atoms. The predicted octanol–water partition coefficient (Wildman–Crippen LogP) is 1.82. The summed E-state index contributed by atoms with van der Waals surface area (Å²) >= 11 is 0. The summed E-state index contributed by atoms with van der Waals surface area (Å²) in [5, 5.41) is 0. The number of carbonyl (C=O) groups excluding carboxylic acids is 1. The normalized spacial score (nSPS) is 32.5. The van der Waals surface area contributed by atoms with Gasteiger partial charge >= 0.3 is 5.97 Å². The van der Waals surface area contributed by atoms with Gasteiger partial charge in [0.15, 0.2) is 12.2 Å². The molecule has 0 spiro atoms. The van der Waals surface area contributed by atoms with Crippen LogP contribution in [0, 0.1) is 0 Å². The summed E-state index contributed by atoms with van der Waals surface area (Å²) in [7, 11) is 0. The van der Waals surface area contributed by atoms with Crippen molar-refractivity contribution in [2.75, 3.05) is 0 Å². The number of carbonyl (C=O) groups is 1. The molecule has 2 fully saturated rings. The van der Waals surface area contributed by atoms with Gasteiger partial charge in [0.1, 0.15) is 0 Å². The van der Waals surface area contributed by atoms with E-state index in [1.807, 2.05) is 6.92 Å². The summed E-state index contributed by atoms with van der Waals surface area (Å²) in [5.74, 6) is -0.232. The Hall–Kier alpha value is -0.830. The molecule has 1 saturated carbocycles. The fraction of sp³-hybridized carbons (Fsp3) is 0.727. The van der Waals surface area contributed by atoms with Gasteiger partial charge in [-0.1, -0.05) is 19.4 Å². The Morgan fingerprint density at radius 3 is 2.64 bits per heavy atom. The Kier molecular flexibility index (Phi) is 2.59. The first-order chi connectivity index (χ1) is 6.68. The second-order valence-corrected chi connectivity index (χ2v) is 4.17. The zero-order valence-electron chi connectivity index (χ0n) is 8.49. The molecular weight excluding hydrogens is 180 g/mol. The smallest absolute Gasteiger partial charge is 0.340 e. The molecule has 0 unspecified atom stereocenters. The molecule has 1 heterocycles. The van der Waals surface area contributed by atoms with Crippen LogP contribution < -0.4 is 0 Å². The molecule has 14 heavy (non-hydrogen) atoms. The molecule has 2 atom stereocenters. The van der Waals surface area contributed by atoms with Crippen LogP contribution >= 0.6 is 0 Å². The zero-order valence-corrected chi connectivity index (χ0v) is 8.49. The predicted molar refractivity (Wildman–Crippen MR) is 51.8 cm³/mol. The Labute approximate surface area is 84.1 Å². The fourth-order valence-corrected chi connectivity index (χ4v) is 2.02. The minimum Gasteiger partial charge on any atom is -0.452 e. The molecule has 0 amide bonds. The van der Waals surface area contributed by atoms with Crippen molar-refractivity contribution >= 4 is 5.97 Å².